The molecule has 0 aliphatic carbocycles. The number of carbonyl (C=O) groups excluding carboxylic acids is 1. The lowest BCUT2D eigenvalue weighted by Crippen LogP contribution is -2.55. The third-order valence-electron chi connectivity index (χ3n) is 9.75. The summed E-state index contributed by atoms with van der Waals surface area (Å²) in [6.07, 6.45) is 8.18. The van der Waals surface area contributed by atoms with Crippen molar-refractivity contribution in [1.82, 2.24) is 24.8 Å². The number of aromatic nitrogens is 3. The van der Waals surface area contributed by atoms with Gasteiger partial charge in [-0.05, 0) is 68.6 Å². The van der Waals surface area contributed by atoms with E-state index < -0.39 is 0 Å². The molecule has 7 rings (SSSR count). The van der Waals surface area contributed by atoms with Gasteiger partial charge in [0.05, 0.1) is 41.5 Å². The van der Waals surface area contributed by atoms with Crippen molar-refractivity contribution < 1.29 is 9.53 Å². The van der Waals surface area contributed by atoms with Crippen LogP contribution in [0.2, 0.25) is 5.02 Å². The number of anilines is 2. The zero-order valence-electron chi connectivity index (χ0n) is 27.1. The van der Waals surface area contributed by atoms with E-state index in [0.29, 0.717) is 50.5 Å². The summed E-state index contributed by atoms with van der Waals surface area (Å²) in [5.74, 6) is 0.712. The Hall–Kier alpha value is -4.72. The minimum absolute atomic E-state index is 0.126. The molecule has 246 valence electrons. The van der Waals surface area contributed by atoms with Crippen LogP contribution in [0.1, 0.15) is 36.2 Å². The fourth-order valence-electron chi connectivity index (χ4n) is 7.17. The maximum absolute atomic E-state index is 13.3. The third-order valence-corrected chi connectivity index (χ3v) is 10.1. The van der Waals surface area contributed by atoms with Gasteiger partial charge in [0.1, 0.15) is 12.4 Å². The molecule has 2 atom stereocenters. The first-order valence-electron chi connectivity index (χ1n) is 16.6. The lowest BCUT2D eigenvalue weighted by Gasteiger charge is -2.42. The highest BCUT2D eigenvalue weighted by atomic mass is 35.5. The number of likely N-dealkylation sites (N-methyl/N-ethyl adjacent to an activating group) is 1. The number of halogens is 1. The van der Waals surface area contributed by atoms with Crippen LogP contribution in [-0.2, 0) is 17.8 Å². The molecule has 0 bridgehead atoms. The zero-order chi connectivity index (χ0) is 33.0. The molecule has 2 saturated heterocycles. The van der Waals surface area contributed by atoms with E-state index in [2.05, 4.69) is 57.1 Å². The number of nitrogens with zero attached hydrogens (tertiary/aromatic N) is 8. The minimum Gasteiger partial charge on any atom is -0.462 e. The number of likely N-dealkylation sites (tertiary alicyclic amines) is 1. The predicted molar refractivity (Wildman–Crippen MR) is 188 cm³/mol. The lowest BCUT2D eigenvalue weighted by molar-refractivity contribution is -0.128. The molecule has 2 fully saturated rings. The number of nitriles is 1. The SMILES string of the molecule is CN1CCC[C@H]1COc1nc2c(c(N3CCN(C(=O)/C=C/c4ccccn4)[C@@H](CC#N)C3)n1)CCN(c1cccc3cccc(Cl)c13)C2. The Bertz CT molecular complexity index is 1860. The highest BCUT2D eigenvalue weighted by Crippen LogP contribution is 2.37. The molecular formula is C37H39ClN8O2. The van der Waals surface area contributed by atoms with Crippen molar-refractivity contribution in [1.29, 1.82) is 5.26 Å². The van der Waals surface area contributed by atoms with E-state index in [1.807, 2.05) is 30.3 Å². The third kappa shape index (κ3) is 6.66. The average molecular weight is 663 g/mol. The van der Waals surface area contributed by atoms with Crippen molar-refractivity contribution in [3.63, 3.8) is 0 Å². The van der Waals surface area contributed by atoms with E-state index in [-0.39, 0.29) is 18.4 Å². The smallest absolute Gasteiger partial charge is 0.318 e. The van der Waals surface area contributed by atoms with Crippen molar-refractivity contribution in [3.05, 3.63) is 88.8 Å². The number of piperazine rings is 1. The van der Waals surface area contributed by atoms with Crippen molar-refractivity contribution >= 4 is 45.9 Å². The topological polar surface area (TPSA) is 102 Å². The van der Waals surface area contributed by atoms with Crippen molar-refractivity contribution in [2.75, 3.05) is 56.2 Å². The molecule has 0 saturated carbocycles. The molecule has 0 spiro atoms. The van der Waals surface area contributed by atoms with Crippen LogP contribution in [0.4, 0.5) is 11.5 Å². The van der Waals surface area contributed by atoms with Gasteiger partial charge in [-0.15, -0.1) is 0 Å². The molecule has 2 aromatic heterocycles. The molecule has 0 N–H and O–H groups in total. The van der Waals surface area contributed by atoms with Crippen molar-refractivity contribution in [3.8, 4) is 12.1 Å². The molecule has 10 nitrogen and oxygen atoms in total. The number of benzene rings is 2. The number of amides is 1. The van der Waals surface area contributed by atoms with Crippen LogP contribution in [0.5, 0.6) is 6.01 Å². The van der Waals surface area contributed by atoms with Gasteiger partial charge >= 0.3 is 6.01 Å². The van der Waals surface area contributed by atoms with Crippen LogP contribution < -0.4 is 14.5 Å². The first-order chi connectivity index (χ1) is 23.5. The molecule has 5 heterocycles. The van der Waals surface area contributed by atoms with Crippen LogP contribution >= 0.6 is 11.6 Å². The van der Waals surface area contributed by atoms with Gasteiger partial charge in [0.2, 0.25) is 5.91 Å². The van der Waals surface area contributed by atoms with Crippen molar-refractivity contribution in [2.45, 2.75) is 44.3 Å². The summed E-state index contributed by atoms with van der Waals surface area (Å²) in [5, 5.41) is 12.6. The van der Waals surface area contributed by atoms with Crippen LogP contribution in [-0.4, -0.2) is 89.1 Å². The summed E-state index contributed by atoms with van der Waals surface area (Å²) in [5.41, 5.74) is 3.82. The van der Waals surface area contributed by atoms with Crippen LogP contribution in [0.15, 0.2) is 66.9 Å². The van der Waals surface area contributed by atoms with Gasteiger partial charge in [-0.25, -0.2) is 0 Å². The Balaban J connectivity index is 1.18. The van der Waals surface area contributed by atoms with Gasteiger partial charge in [-0.3, -0.25) is 9.78 Å². The number of ether oxygens (including phenoxy) is 1. The molecule has 1 amide bonds. The second-order valence-electron chi connectivity index (χ2n) is 12.7. The van der Waals surface area contributed by atoms with Crippen LogP contribution in [0.25, 0.3) is 16.8 Å². The van der Waals surface area contributed by atoms with Gasteiger partial charge in [0.15, 0.2) is 0 Å². The first-order valence-corrected chi connectivity index (χ1v) is 17.0. The summed E-state index contributed by atoms with van der Waals surface area (Å²) >= 11 is 6.73. The highest BCUT2D eigenvalue weighted by molar-refractivity contribution is 6.36. The summed E-state index contributed by atoms with van der Waals surface area (Å²) < 4.78 is 6.33. The normalized spacial score (nSPS) is 19.9. The Morgan fingerprint density at radius 1 is 1.04 bits per heavy atom. The van der Waals surface area contributed by atoms with Gasteiger partial charge in [0.25, 0.3) is 0 Å². The zero-order valence-corrected chi connectivity index (χ0v) is 27.9. The molecule has 0 radical (unpaired) electrons. The van der Waals surface area contributed by atoms with E-state index in [1.165, 1.54) is 0 Å². The maximum Gasteiger partial charge on any atom is 0.318 e. The number of fused-ring (bicyclic) bond motifs is 2. The largest absolute Gasteiger partial charge is 0.462 e. The van der Waals surface area contributed by atoms with Crippen LogP contribution in [0, 0.1) is 11.3 Å². The van der Waals surface area contributed by atoms with Gasteiger partial charge in [-0.1, -0.05) is 41.9 Å². The molecule has 0 unspecified atom stereocenters. The minimum atomic E-state index is -0.287. The fourth-order valence-corrected chi connectivity index (χ4v) is 7.44. The number of hydrogen-bond donors (Lipinski definition) is 0. The van der Waals surface area contributed by atoms with E-state index in [0.717, 1.165) is 70.9 Å². The Kier molecular flexibility index (Phi) is 9.41. The Labute approximate surface area is 286 Å². The molecule has 4 aromatic rings. The first kappa shape index (κ1) is 31.9. The summed E-state index contributed by atoms with van der Waals surface area (Å²) in [4.78, 5) is 36.3. The van der Waals surface area contributed by atoms with Gasteiger partial charge in [-0.2, -0.15) is 15.2 Å². The summed E-state index contributed by atoms with van der Waals surface area (Å²) in [6.45, 7) is 4.51. The monoisotopic (exact) mass is 662 g/mol. The van der Waals surface area contributed by atoms with Crippen molar-refractivity contribution in [2.24, 2.45) is 0 Å². The number of pyridine rings is 1. The standard InChI is InChI=1S/C37H39ClN8O2/c1-43-19-6-10-29(43)25-48-37-41-32-24-44(33-12-5-8-26-7-4-11-31(38)35(26)33)20-16-30(32)36(42-37)45-21-22-46(28(23-45)15-17-39)34(47)14-13-27-9-2-3-18-40-27/h2-5,7-9,11-14,18,28-29H,6,10,15-16,19-25H2,1H3/b14-13+/t28-,29-/m0/s1. The number of carbonyl (C=O) groups is 1. The van der Waals surface area contributed by atoms with E-state index >= 15 is 0 Å². The Morgan fingerprint density at radius 2 is 1.92 bits per heavy atom. The molecule has 11 heteroatoms. The number of hydrogen-bond acceptors (Lipinski definition) is 9. The van der Waals surface area contributed by atoms with E-state index in [9.17, 15) is 10.1 Å². The van der Waals surface area contributed by atoms with Gasteiger partial charge in [0, 0.05) is 61.1 Å². The quantitative estimate of drug-likeness (QED) is 0.231. The summed E-state index contributed by atoms with van der Waals surface area (Å²) in [6, 6.07) is 20.6. The van der Waals surface area contributed by atoms with E-state index in [1.54, 1.807) is 23.2 Å². The fraction of sp³-hybridized carbons (Fsp3) is 0.378. The summed E-state index contributed by atoms with van der Waals surface area (Å²) in [7, 11) is 2.13. The molecule has 2 aromatic carbocycles. The lowest BCUT2D eigenvalue weighted by atomic mass is 10.0. The molecule has 3 aliphatic heterocycles. The molecule has 3 aliphatic rings. The predicted octanol–water partition coefficient (Wildman–Crippen LogP) is 5.36. The van der Waals surface area contributed by atoms with Gasteiger partial charge < -0.3 is 24.3 Å². The Morgan fingerprint density at radius 3 is 2.71 bits per heavy atom. The molecular weight excluding hydrogens is 624 g/mol. The van der Waals surface area contributed by atoms with Crippen LogP contribution in [0.3, 0.4) is 0 Å². The van der Waals surface area contributed by atoms with E-state index in [4.69, 9.17) is 26.3 Å². The second kappa shape index (κ2) is 14.2. The number of rotatable bonds is 8. The average Bonchev–Trinajstić information content (AvgIpc) is 3.53. The molecule has 48 heavy (non-hydrogen) atoms. The maximum atomic E-state index is 13.3. The highest BCUT2D eigenvalue weighted by Gasteiger charge is 2.34. The second-order valence-corrected chi connectivity index (χ2v) is 13.1.